The maximum Gasteiger partial charge on any atom is 0.222 e. The highest BCUT2D eigenvalue weighted by molar-refractivity contribution is 5.95. The molecule has 0 spiro atoms. The third-order valence-corrected chi connectivity index (χ3v) is 4.84. The second kappa shape index (κ2) is 9.21. The number of Topliss-reactive ketones (excluding diaryl/α,β-unsaturated/α-hetero) is 1. The van der Waals surface area contributed by atoms with Gasteiger partial charge in [-0.05, 0) is 30.5 Å². The van der Waals surface area contributed by atoms with Gasteiger partial charge >= 0.3 is 0 Å². The SMILES string of the molecule is CC(=O)c1cc(-c2cnc(NCCN3CCOCC3)nc2C(C)C)ccc1F. The summed E-state index contributed by atoms with van der Waals surface area (Å²) in [5.74, 6) is -0.0735. The number of morpholine rings is 1. The van der Waals surface area contributed by atoms with Gasteiger partial charge in [-0.15, -0.1) is 0 Å². The number of halogens is 1. The number of ether oxygens (including phenoxy) is 1. The molecule has 3 rings (SSSR count). The zero-order valence-electron chi connectivity index (χ0n) is 16.7. The molecule has 1 aliphatic heterocycles. The van der Waals surface area contributed by atoms with Crippen molar-refractivity contribution >= 4 is 11.7 Å². The predicted octanol–water partition coefficient (Wildman–Crippen LogP) is 3.35. The maximum absolute atomic E-state index is 13.9. The molecule has 0 aliphatic carbocycles. The highest BCUT2D eigenvalue weighted by atomic mass is 19.1. The fraction of sp³-hybridized carbons (Fsp3) is 0.476. The van der Waals surface area contributed by atoms with Gasteiger partial charge in [-0.3, -0.25) is 9.69 Å². The first-order valence-corrected chi connectivity index (χ1v) is 9.67. The van der Waals surface area contributed by atoms with E-state index in [-0.39, 0.29) is 17.3 Å². The molecule has 1 aromatic carbocycles. The molecule has 1 fully saturated rings. The molecular formula is C21H27FN4O2. The fourth-order valence-electron chi connectivity index (χ4n) is 3.26. The molecule has 2 heterocycles. The standard InChI is InChI=1S/C21H27FN4O2/c1-14(2)20-18(16-4-5-19(22)17(12-16)15(3)27)13-24-21(25-20)23-6-7-26-8-10-28-11-9-26/h4-5,12-14H,6-11H2,1-3H3,(H,23,24,25). The number of nitrogens with zero attached hydrogens (tertiary/aromatic N) is 3. The number of carbonyl (C=O) groups excluding carboxylic acids is 1. The molecule has 0 atom stereocenters. The Morgan fingerprint density at radius 3 is 2.75 bits per heavy atom. The smallest absolute Gasteiger partial charge is 0.222 e. The Morgan fingerprint density at radius 2 is 2.07 bits per heavy atom. The Morgan fingerprint density at radius 1 is 1.32 bits per heavy atom. The molecule has 0 amide bonds. The van der Waals surface area contributed by atoms with Gasteiger partial charge in [-0.1, -0.05) is 19.9 Å². The number of ketones is 1. The van der Waals surface area contributed by atoms with Crippen LogP contribution in [0.25, 0.3) is 11.1 Å². The normalized spacial score (nSPS) is 15.0. The van der Waals surface area contributed by atoms with E-state index in [9.17, 15) is 9.18 Å². The summed E-state index contributed by atoms with van der Waals surface area (Å²) in [6, 6.07) is 4.57. The summed E-state index contributed by atoms with van der Waals surface area (Å²) in [4.78, 5) is 23.1. The van der Waals surface area contributed by atoms with Crippen LogP contribution in [0.1, 0.15) is 42.7 Å². The van der Waals surface area contributed by atoms with Gasteiger partial charge in [0, 0.05) is 37.9 Å². The van der Waals surface area contributed by atoms with Crippen molar-refractivity contribution < 1.29 is 13.9 Å². The molecule has 1 aliphatic rings. The van der Waals surface area contributed by atoms with E-state index in [0.717, 1.165) is 56.2 Å². The third-order valence-electron chi connectivity index (χ3n) is 4.84. The summed E-state index contributed by atoms with van der Waals surface area (Å²) in [6.45, 7) is 10.6. The first kappa shape index (κ1) is 20.4. The largest absolute Gasteiger partial charge is 0.379 e. The van der Waals surface area contributed by atoms with E-state index in [1.807, 2.05) is 0 Å². The third kappa shape index (κ3) is 4.91. The molecule has 6 nitrogen and oxygen atoms in total. The molecule has 7 heteroatoms. The Bertz CT molecular complexity index is 835. The van der Waals surface area contributed by atoms with E-state index >= 15 is 0 Å². The lowest BCUT2D eigenvalue weighted by atomic mass is 9.97. The van der Waals surface area contributed by atoms with Crippen LogP contribution in [0.4, 0.5) is 10.3 Å². The van der Waals surface area contributed by atoms with Crippen LogP contribution in [0.2, 0.25) is 0 Å². The van der Waals surface area contributed by atoms with Crippen LogP contribution in [0.5, 0.6) is 0 Å². The van der Waals surface area contributed by atoms with Gasteiger partial charge in [0.15, 0.2) is 5.78 Å². The lowest BCUT2D eigenvalue weighted by Gasteiger charge is -2.26. The summed E-state index contributed by atoms with van der Waals surface area (Å²) < 4.78 is 19.2. The zero-order valence-corrected chi connectivity index (χ0v) is 16.7. The number of anilines is 1. The number of carbonyl (C=O) groups is 1. The molecule has 1 saturated heterocycles. The van der Waals surface area contributed by atoms with Crippen molar-refractivity contribution in [3.05, 3.63) is 41.5 Å². The second-order valence-corrected chi connectivity index (χ2v) is 7.28. The van der Waals surface area contributed by atoms with Crippen LogP contribution in [0.15, 0.2) is 24.4 Å². The quantitative estimate of drug-likeness (QED) is 0.736. The van der Waals surface area contributed by atoms with Gasteiger partial charge in [0.1, 0.15) is 5.82 Å². The minimum atomic E-state index is -0.510. The van der Waals surface area contributed by atoms with Gasteiger partial charge < -0.3 is 10.1 Å². The van der Waals surface area contributed by atoms with E-state index in [0.29, 0.717) is 5.95 Å². The lowest BCUT2D eigenvalue weighted by Crippen LogP contribution is -2.39. The first-order chi connectivity index (χ1) is 13.5. The van der Waals surface area contributed by atoms with Crippen LogP contribution < -0.4 is 5.32 Å². The van der Waals surface area contributed by atoms with Gasteiger partial charge in [0.05, 0.1) is 24.5 Å². The van der Waals surface area contributed by atoms with E-state index in [1.165, 1.54) is 13.0 Å². The molecule has 0 bridgehead atoms. The van der Waals surface area contributed by atoms with Crippen molar-refractivity contribution in [1.29, 1.82) is 0 Å². The summed E-state index contributed by atoms with van der Waals surface area (Å²) in [5, 5.41) is 3.29. The second-order valence-electron chi connectivity index (χ2n) is 7.28. The Hall–Kier alpha value is -2.38. The zero-order chi connectivity index (χ0) is 20.1. The Labute approximate surface area is 165 Å². The number of benzene rings is 1. The monoisotopic (exact) mass is 386 g/mol. The fourth-order valence-corrected chi connectivity index (χ4v) is 3.26. The number of hydrogen-bond donors (Lipinski definition) is 1. The van der Waals surface area contributed by atoms with E-state index in [1.54, 1.807) is 18.3 Å². The van der Waals surface area contributed by atoms with Crippen molar-refractivity contribution in [2.45, 2.75) is 26.7 Å². The van der Waals surface area contributed by atoms with Crippen LogP contribution in [0, 0.1) is 5.82 Å². The predicted molar refractivity (Wildman–Crippen MR) is 107 cm³/mol. The number of rotatable bonds is 7. The van der Waals surface area contributed by atoms with Crippen molar-refractivity contribution in [2.75, 3.05) is 44.7 Å². The number of aromatic nitrogens is 2. The average Bonchev–Trinajstić information content (AvgIpc) is 2.69. The van der Waals surface area contributed by atoms with Crippen molar-refractivity contribution in [2.24, 2.45) is 0 Å². The molecule has 0 radical (unpaired) electrons. The summed E-state index contributed by atoms with van der Waals surface area (Å²) in [6.07, 6.45) is 1.75. The average molecular weight is 386 g/mol. The van der Waals surface area contributed by atoms with E-state index in [2.05, 4.69) is 34.0 Å². The van der Waals surface area contributed by atoms with Gasteiger partial charge in [-0.2, -0.15) is 0 Å². The van der Waals surface area contributed by atoms with Crippen LogP contribution in [-0.2, 0) is 4.74 Å². The molecule has 2 aromatic rings. The summed E-state index contributed by atoms with van der Waals surface area (Å²) >= 11 is 0. The number of nitrogens with one attached hydrogen (secondary N) is 1. The van der Waals surface area contributed by atoms with Gasteiger partial charge in [0.2, 0.25) is 5.95 Å². The molecule has 1 N–H and O–H groups in total. The molecule has 28 heavy (non-hydrogen) atoms. The number of hydrogen-bond acceptors (Lipinski definition) is 6. The lowest BCUT2D eigenvalue weighted by molar-refractivity contribution is 0.0398. The van der Waals surface area contributed by atoms with E-state index in [4.69, 9.17) is 4.74 Å². The highest BCUT2D eigenvalue weighted by Gasteiger charge is 2.16. The molecule has 0 unspecified atom stereocenters. The molecule has 0 saturated carbocycles. The summed E-state index contributed by atoms with van der Waals surface area (Å²) in [5.41, 5.74) is 2.51. The molecule has 1 aromatic heterocycles. The molecule has 150 valence electrons. The Kier molecular flexibility index (Phi) is 6.70. The van der Waals surface area contributed by atoms with Crippen LogP contribution >= 0.6 is 0 Å². The Balaban J connectivity index is 1.77. The van der Waals surface area contributed by atoms with E-state index < -0.39 is 5.82 Å². The van der Waals surface area contributed by atoms with Crippen molar-refractivity contribution in [3.8, 4) is 11.1 Å². The maximum atomic E-state index is 13.9. The topological polar surface area (TPSA) is 67.4 Å². The summed E-state index contributed by atoms with van der Waals surface area (Å²) in [7, 11) is 0. The van der Waals surface area contributed by atoms with Crippen molar-refractivity contribution in [1.82, 2.24) is 14.9 Å². The molecular weight excluding hydrogens is 359 g/mol. The van der Waals surface area contributed by atoms with Crippen LogP contribution in [-0.4, -0.2) is 60.0 Å². The van der Waals surface area contributed by atoms with Gasteiger partial charge in [-0.25, -0.2) is 14.4 Å². The van der Waals surface area contributed by atoms with Gasteiger partial charge in [0.25, 0.3) is 0 Å². The first-order valence-electron chi connectivity index (χ1n) is 9.67. The minimum Gasteiger partial charge on any atom is -0.379 e. The van der Waals surface area contributed by atoms with Crippen molar-refractivity contribution in [3.63, 3.8) is 0 Å². The highest BCUT2D eigenvalue weighted by Crippen LogP contribution is 2.29. The van der Waals surface area contributed by atoms with Crippen LogP contribution in [0.3, 0.4) is 0 Å². The minimum absolute atomic E-state index is 0.0833.